The van der Waals surface area contributed by atoms with E-state index in [1.54, 1.807) is 32.0 Å². The average Bonchev–Trinajstić information content (AvgIpc) is 2.95. The van der Waals surface area contributed by atoms with Crippen LogP contribution < -0.4 is 10.6 Å². The molecule has 1 heterocycles. The number of furan rings is 1. The van der Waals surface area contributed by atoms with E-state index < -0.39 is 5.60 Å². The van der Waals surface area contributed by atoms with Gasteiger partial charge in [-0.1, -0.05) is 6.07 Å². The number of aryl methyl sites for hydroxylation is 2. The molecule has 0 fully saturated rings. The van der Waals surface area contributed by atoms with Gasteiger partial charge in [0.2, 0.25) is 0 Å². The number of aliphatic hydroxyl groups is 1. The van der Waals surface area contributed by atoms with Crippen molar-refractivity contribution in [1.29, 1.82) is 0 Å². The van der Waals surface area contributed by atoms with Crippen LogP contribution in [0, 0.1) is 19.7 Å². The van der Waals surface area contributed by atoms with Crippen LogP contribution >= 0.6 is 0 Å². The summed E-state index contributed by atoms with van der Waals surface area (Å²) in [6.45, 7) is 5.65. The summed E-state index contributed by atoms with van der Waals surface area (Å²) in [5, 5.41) is 15.7. The van der Waals surface area contributed by atoms with Crippen LogP contribution in [0.25, 0.3) is 0 Å². The number of benzene rings is 1. The van der Waals surface area contributed by atoms with Gasteiger partial charge in [0.25, 0.3) is 0 Å². The first kappa shape index (κ1) is 18.0. The highest BCUT2D eigenvalue weighted by Gasteiger charge is 2.27. The van der Waals surface area contributed by atoms with Crippen molar-refractivity contribution in [2.75, 3.05) is 13.1 Å². The maximum atomic E-state index is 13.0. The second-order valence-corrected chi connectivity index (χ2v) is 6.11. The first-order chi connectivity index (χ1) is 11.3. The summed E-state index contributed by atoms with van der Waals surface area (Å²) in [5.74, 6) is 0.837. The molecule has 24 heavy (non-hydrogen) atoms. The summed E-state index contributed by atoms with van der Waals surface area (Å²) in [6, 6.07) is 7.66. The minimum atomic E-state index is -1.28. The van der Waals surface area contributed by atoms with E-state index in [-0.39, 0.29) is 18.4 Å². The molecule has 1 aromatic heterocycles. The topological polar surface area (TPSA) is 74.5 Å². The Morgan fingerprint density at radius 1 is 1.25 bits per heavy atom. The number of hydrogen-bond acceptors (Lipinski definition) is 3. The molecule has 3 N–H and O–H groups in total. The van der Waals surface area contributed by atoms with Crippen LogP contribution in [0.3, 0.4) is 0 Å². The standard InChI is InChI=1S/C18H23FN2O3/c1-12-10-15(19)6-5-14(12)8-9-20-17(22)21-11-18(3,23)16-7-4-13(2)24-16/h4-7,10,23H,8-9,11H2,1-3H3,(H2,20,21,22). The maximum absolute atomic E-state index is 13.0. The number of rotatable bonds is 6. The molecule has 0 aliphatic heterocycles. The molecule has 2 aromatic rings. The van der Waals surface area contributed by atoms with E-state index in [0.717, 1.165) is 11.1 Å². The van der Waals surface area contributed by atoms with Crippen LogP contribution in [-0.2, 0) is 12.0 Å². The van der Waals surface area contributed by atoms with E-state index in [1.165, 1.54) is 12.1 Å². The van der Waals surface area contributed by atoms with E-state index in [2.05, 4.69) is 10.6 Å². The molecule has 130 valence electrons. The molecule has 1 atom stereocenters. The maximum Gasteiger partial charge on any atom is 0.314 e. The van der Waals surface area contributed by atoms with Gasteiger partial charge >= 0.3 is 6.03 Å². The number of nitrogens with one attached hydrogen (secondary N) is 2. The number of carbonyl (C=O) groups is 1. The van der Waals surface area contributed by atoms with Crippen LogP contribution in [0.2, 0.25) is 0 Å². The van der Waals surface area contributed by atoms with Crippen molar-refractivity contribution < 1.29 is 18.7 Å². The van der Waals surface area contributed by atoms with Crippen LogP contribution in [0.15, 0.2) is 34.7 Å². The fraction of sp³-hybridized carbons (Fsp3) is 0.389. The Balaban J connectivity index is 1.77. The van der Waals surface area contributed by atoms with Crippen LogP contribution in [0.4, 0.5) is 9.18 Å². The zero-order chi connectivity index (χ0) is 17.7. The zero-order valence-electron chi connectivity index (χ0n) is 14.1. The van der Waals surface area contributed by atoms with Crippen molar-refractivity contribution in [2.45, 2.75) is 32.8 Å². The highest BCUT2D eigenvalue weighted by molar-refractivity contribution is 5.73. The fourth-order valence-electron chi connectivity index (χ4n) is 2.38. The summed E-state index contributed by atoms with van der Waals surface area (Å²) in [5.41, 5.74) is 0.558. The monoisotopic (exact) mass is 334 g/mol. The van der Waals surface area contributed by atoms with Gasteiger partial charge in [0.05, 0.1) is 6.54 Å². The van der Waals surface area contributed by atoms with E-state index in [9.17, 15) is 14.3 Å². The van der Waals surface area contributed by atoms with Gasteiger partial charge in [0.1, 0.15) is 22.9 Å². The van der Waals surface area contributed by atoms with Crippen molar-refractivity contribution >= 4 is 6.03 Å². The molecule has 2 amide bonds. The highest BCUT2D eigenvalue weighted by atomic mass is 19.1. The molecule has 0 saturated heterocycles. The molecule has 0 bridgehead atoms. The summed E-state index contributed by atoms with van der Waals surface area (Å²) in [6.07, 6.45) is 0.604. The van der Waals surface area contributed by atoms with Gasteiger partial charge in [-0.2, -0.15) is 0 Å². The Morgan fingerprint density at radius 3 is 2.62 bits per heavy atom. The molecule has 0 aliphatic carbocycles. The summed E-state index contributed by atoms with van der Waals surface area (Å²) in [4.78, 5) is 11.8. The van der Waals surface area contributed by atoms with Gasteiger partial charge in [0.15, 0.2) is 0 Å². The number of halogens is 1. The highest BCUT2D eigenvalue weighted by Crippen LogP contribution is 2.21. The molecular weight excluding hydrogens is 311 g/mol. The zero-order valence-corrected chi connectivity index (χ0v) is 14.1. The van der Waals surface area contributed by atoms with Gasteiger partial charge in [-0.3, -0.25) is 0 Å². The van der Waals surface area contributed by atoms with E-state index >= 15 is 0 Å². The molecular formula is C18H23FN2O3. The Bertz CT molecular complexity index is 710. The molecule has 6 heteroatoms. The van der Waals surface area contributed by atoms with Crippen molar-refractivity contribution in [3.05, 3.63) is 58.8 Å². The molecule has 1 unspecified atom stereocenters. The van der Waals surface area contributed by atoms with Gasteiger partial charge < -0.3 is 20.2 Å². The minimum absolute atomic E-state index is 0.0291. The lowest BCUT2D eigenvalue weighted by atomic mass is 10.0. The van der Waals surface area contributed by atoms with Gasteiger partial charge in [0, 0.05) is 6.54 Å². The summed E-state index contributed by atoms with van der Waals surface area (Å²) < 4.78 is 18.4. The number of carbonyl (C=O) groups excluding carboxylic acids is 1. The minimum Gasteiger partial charge on any atom is -0.463 e. The predicted molar refractivity (Wildman–Crippen MR) is 89.3 cm³/mol. The van der Waals surface area contributed by atoms with Crippen LogP contribution in [-0.4, -0.2) is 24.2 Å². The average molecular weight is 334 g/mol. The second-order valence-electron chi connectivity index (χ2n) is 6.11. The normalized spacial score (nSPS) is 13.4. The molecule has 0 spiro atoms. The van der Waals surface area contributed by atoms with E-state index in [4.69, 9.17) is 4.42 Å². The quantitative estimate of drug-likeness (QED) is 0.760. The lowest BCUT2D eigenvalue weighted by molar-refractivity contribution is 0.0360. The summed E-state index contributed by atoms with van der Waals surface area (Å²) in [7, 11) is 0. The summed E-state index contributed by atoms with van der Waals surface area (Å²) >= 11 is 0. The molecule has 1 aromatic carbocycles. The largest absolute Gasteiger partial charge is 0.463 e. The fourth-order valence-corrected chi connectivity index (χ4v) is 2.38. The third-order valence-corrected chi connectivity index (χ3v) is 3.85. The molecule has 0 aliphatic rings. The molecule has 5 nitrogen and oxygen atoms in total. The van der Waals surface area contributed by atoms with E-state index in [1.807, 2.05) is 6.92 Å². The first-order valence-corrected chi connectivity index (χ1v) is 7.84. The van der Waals surface area contributed by atoms with Crippen molar-refractivity contribution in [2.24, 2.45) is 0 Å². The smallest absolute Gasteiger partial charge is 0.314 e. The van der Waals surface area contributed by atoms with Crippen molar-refractivity contribution in [1.82, 2.24) is 10.6 Å². The first-order valence-electron chi connectivity index (χ1n) is 7.84. The predicted octanol–water partition coefficient (Wildman–Crippen LogP) is 2.78. The molecule has 0 radical (unpaired) electrons. The lowest BCUT2D eigenvalue weighted by Gasteiger charge is -2.21. The third kappa shape index (κ3) is 4.83. The van der Waals surface area contributed by atoms with Crippen molar-refractivity contribution in [3.63, 3.8) is 0 Å². The van der Waals surface area contributed by atoms with E-state index in [0.29, 0.717) is 24.5 Å². The second kappa shape index (κ2) is 7.49. The number of hydrogen-bond donors (Lipinski definition) is 3. The Hall–Kier alpha value is -2.34. The molecule has 2 rings (SSSR count). The number of amides is 2. The molecule has 0 saturated carbocycles. The SMILES string of the molecule is Cc1ccc(C(C)(O)CNC(=O)NCCc2ccc(F)cc2C)o1. The Kier molecular flexibility index (Phi) is 5.62. The Labute approximate surface area is 140 Å². The Morgan fingerprint density at radius 2 is 2.00 bits per heavy atom. The van der Waals surface area contributed by atoms with Crippen molar-refractivity contribution in [3.8, 4) is 0 Å². The lowest BCUT2D eigenvalue weighted by Crippen LogP contribution is -2.43. The van der Waals surface area contributed by atoms with Gasteiger partial charge in [-0.05, 0) is 62.6 Å². The number of urea groups is 1. The van der Waals surface area contributed by atoms with Crippen LogP contribution in [0.1, 0.15) is 29.6 Å². The van der Waals surface area contributed by atoms with Gasteiger partial charge in [-0.15, -0.1) is 0 Å². The van der Waals surface area contributed by atoms with Crippen LogP contribution in [0.5, 0.6) is 0 Å². The van der Waals surface area contributed by atoms with Gasteiger partial charge in [-0.25, -0.2) is 9.18 Å². The third-order valence-electron chi connectivity index (χ3n) is 3.85.